The number of anilines is 2. The molecule has 1 aliphatic rings. The van der Waals surface area contributed by atoms with E-state index in [1.807, 2.05) is 48.5 Å². The van der Waals surface area contributed by atoms with Gasteiger partial charge in [0.05, 0.1) is 12.8 Å². The van der Waals surface area contributed by atoms with Crippen LogP contribution in [-0.4, -0.2) is 23.2 Å². The number of hydrogen-bond acceptors (Lipinski definition) is 4. The van der Waals surface area contributed by atoms with Crippen LogP contribution in [-0.2, 0) is 16.6 Å². The van der Waals surface area contributed by atoms with Crippen LogP contribution in [0, 0.1) is 0 Å². The Bertz CT molecular complexity index is 1340. The summed E-state index contributed by atoms with van der Waals surface area (Å²) in [6, 6.07) is 28.7. The molecule has 1 atom stereocenters. The van der Waals surface area contributed by atoms with Crippen molar-refractivity contribution < 1.29 is 9.53 Å². The van der Waals surface area contributed by atoms with Crippen molar-refractivity contribution >= 4 is 30.1 Å². The molecule has 5 heteroatoms. The number of hydrogen-bond donors (Lipinski definition) is 1. The number of carbonyl (C=O) groups is 1. The molecule has 0 aliphatic heterocycles. The van der Waals surface area contributed by atoms with Crippen molar-refractivity contribution in [2.24, 2.45) is 0 Å². The van der Waals surface area contributed by atoms with Crippen LogP contribution in [0.2, 0.25) is 0 Å². The van der Waals surface area contributed by atoms with Gasteiger partial charge < -0.3 is 10.1 Å². The molecule has 1 N–H and O–H groups in total. The normalized spacial score (nSPS) is 16.9. The van der Waals surface area contributed by atoms with E-state index in [1.54, 1.807) is 18.0 Å². The van der Waals surface area contributed by atoms with E-state index in [0.29, 0.717) is 6.42 Å². The van der Waals surface area contributed by atoms with Crippen LogP contribution in [0.5, 0.6) is 5.75 Å². The highest BCUT2D eigenvalue weighted by molar-refractivity contribution is 5.76. The van der Waals surface area contributed by atoms with Gasteiger partial charge in [0.25, 0.3) is 0 Å². The average molecular weight is 448 g/mol. The first-order chi connectivity index (χ1) is 16.7. The number of nitrogens with one attached hydrogen (secondary N) is 1. The molecule has 4 aromatic rings. The fraction of sp³-hybridized carbons (Fsp3) is 0.103. The number of para-hydroxylation sites is 1. The smallest absolute Gasteiger partial charge is 0.160 e. The van der Waals surface area contributed by atoms with Gasteiger partial charge in [0, 0.05) is 29.3 Å². The molecule has 34 heavy (non-hydrogen) atoms. The number of allylic oxidation sites excluding steroid dienone is 2. The van der Waals surface area contributed by atoms with Gasteiger partial charge in [-0.05, 0) is 41.5 Å². The lowest BCUT2D eigenvalue weighted by Gasteiger charge is -2.35. The van der Waals surface area contributed by atoms with E-state index < -0.39 is 5.41 Å². The molecule has 0 saturated carbocycles. The van der Waals surface area contributed by atoms with Crippen molar-refractivity contribution in [3.05, 3.63) is 119 Å². The molecule has 1 unspecified atom stereocenters. The standard InChI is InChI=1S/C29H25N3O2/c1-34-25-15-13-23(14-16-25)29(22-9-4-2-5-10-22)18-17-26-27(21-29)32(19-8-20-33)31-28(26)30-24-11-6-3-7-12-24/h2-20H,21H2,1H3,(H,30,31). The van der Waals surface area contributed by atoms with Crippen LogP contribution in [0.25, 0.3) is 12.3 Å². The largest absolute Gasteiger partial charge is 0.497 e. The SMILES string of the molecule is COc1ccc(C2(c3ccccc3)C=Cc3c(Nc4ccccc4)nn(C=CC=O)c3C2)cc1. The molecule has 0 fully saturated rings. The first kappa shape index (κ1) is 21.5. The molecule has 0 amide bonds. The Morgan fingerprint density at radius 2 is 1.62 bits per heavy atom. The summed E-state index contributed by atoms with van der Waals surface area (Å²) in [6.45, 7) is 0. The first-order valence-corrected chi connectivity index (χ1v) is 11.2. The highest BCUT2D eigenvalue weighted by Gasteiger charge is 2.37. The second kappa shape index (κ2) is 9.24. The van der Waals surface area contributed by atoms with Gasteiger partial charge in [0.15, 0.2) is 5.82 Å². The quantitative estimate of drug-likeness (QED) is 0.285. The topological polar surface area (TPSA) is 56.1 Å². The van der Waals surface area contributed by atoms with E-state index in [-0.39, 0.29) is 0 Å². The molecule has 5 rings (SSSR count). The molecule has 5 nitrogen and oxygen atoms in total. The molecule has 0 bridgehead atoms. The van der Waals surface area contributed by atoms with Crippen molar-refractivity contribution in [1.82, 2.24) is 9.78 Å². The summed E-state index contributed by atoms with van der Waals surface area (Å²) < 4.78 is 7.20. The van der Waals surface area contributed by atoms with Gasteiger partial charge in [-0.1, -0.05) is 72.8 Å². The minimum Gasteiger partial charge on any atom is -0.497 e. The number of aromatic nitrogens is 2. The van der Waals surface area contributed by atoms with Crippen molar-refractivity contribution in [2.75, 3.05) is 12.4 Å². The van der Waals surface area contributed by atoms with Gasteiger partial charge in [-0.15, -0.1) is 5.10 Å². The number of carbonyl (C=O) groups excluding carboxylic acids is 1. The number of fused-ring (bicyclic) bond motifs is 1. The predicted octanol–water partition coefficient (Wildman–Crippen LogP) is 5.86. The predicted molar refractivity (Wildman–Crippen MR) is 136 cm³/mol. The third-order valence-corrected chi connectivity index (χ3v) is 6.27. The first-order valence-electron chi connectivity index (χ1n) is 11.2. The van der Waals surface area contributed by atoms with Gasteiger partial charge in [0.2, 0.25) is 0 Å². The van der Waals surface area contributed by atoms with E-state index >= 15 is 0 Å². The Hall–Kier alpha value is -4.38. The average Bonchev–Trinajstić information content (AvgIpc) is 3.24. The Morgan fingerprint density at radius 3 is 2.29 bits per heavy atom. The number of methoxy groups -OCH3 is 1. The fourth-order valence-corrected chi connectivity index (χ4v) is 4.56. The summed E-state index contributed by atoms with van der Waals surface area (Å²) in [5, 5.41) is 8.22. The van der Waals surface area contributed by atoms with Crippen LogP contribution < -0.4 is 10.1 Å². The molecule has 1 heterocycles. The fourth-order valence-electron chi connectivity index (χ4n) is 4.56. The Balaban J connectivity index is 1.65. The van der Waals surface area contributed by atoms with E-state index in [9.17, 15) is 4.79 Å². The molecular weight excluding hydrogens is 422 g/mol. The lowest BCUT2D eigenvalue weighted by atomic mass is 9.68. The van der Waals surface area contributed by atoms with E-state index in [1.165, 1.54) is 11.6 Å². The zero-order chi connectivity index (χ0) is 23.4. The van der Waals surface area contributed by atoms with Crippen LogP contribution in [0.4, 0.5) is 11.5 Å². The third-order valence-electron chi connectivity index (χ3n) is 6.27. The number of benzene rings is 3. The molecule has 0 spiro atoms. The maximum absolute atomic E-state index is 11.1. The molecule has 1 aliphatic carbocycles. The minimum atomic E-state index is -0.392. The van der Waals surface area contributed by atoms with Crippen molar-refractivity contribution in [3.63, 3.8) is 0 Å². The summed E-state index contributed by atoms with van der Waals surface area (Å²) in [4.78, 5) is 11.1. The zero-order valence-electron chi connectivity index (χ0n) is 18.9. The van der Waals surface area contributed by atoms with Gasteiger partial charge in [-0.2, -0.15) is 0 Å². The summed E-state index contributed by atoms with van der Waals surface area (Å²) in [5.41, 5.74) is 4.95. The van der Waals surface area contributed by atoms with Crippen LogP contribution >= 0.6 is 0 Å². The number of rotatable bonds is 7. The summed E-state index contributed by atoms with van der Waals surface area (Å²) in [7, 11) is 1.67. The van der Waals surface area contributed by atoms with Gasteiger partial charge in [-0.3, -0.25) is 4.79 Å². The van der Waals surface area contributed by atoms with Crippen molar-refractivity contribution in [1.29, 1.82) is 0 Å². The third kappa shape index (κ3) is 3.92. The highest BCUT2D eigenvalue weighted by Crippen LogP contribution is 2.44. The highest BCUT2D eigenvalue weighted by atomic mass is 16.5. The second-order valence-electron chi connectivity index (χ2n) is 8.20. The lowest BCUT2D eigenvalue weighted by Crippen LogP contribution is -2.31. The Morgan fingerprint density at radius 1 is 0.941 bits per heavy atom. The van der Waals surface area contributed by atoms with Crippen LogP contribution in [0.3, 0.4) is 0 Å². The maximum Gasteiger partial charge on any atom is 0.160 e. The summed E-state index contributed by atoms with van der Waals surface area (Å²) in [6.07, 6.45) is 9.03. The Kier molecular flexibility index (Phi) is 5.83. The summed E-state index contributed by atoms with van der Waals surface area (Å²) >= 11 is 0. The molecule has 168 valence electrons. The van der Waals surface area contributed by atoms with Crippen LogP contribution in [0.15, 0.2) is 97.1 Å². The van der Waals surface area contributed by atoms with E-state index in [0.717, 1.165) is 40.4 Å². The van der Waals surface area contributed by atoms with E-state index in [2.05, 4.69) is 53.9 Å². The van der Waals surface area contributed by atoms with Gasteiger partial charge in [0.1, 0.15) is 12.0 Å². The Labute approximate surface area is 199 Å². The summed E-state index contributed by atoms with van der Waals surface area (Å²) in [5.74, 6) is 1.57. The van der Waals surface area contributed by atoms with Gasteiger partial charge >= 0.3 is 0 Å². The molecule has 3 aromatic carbocycles. The number of nitrogens with zero attached hydrogens (tertiary/aromatic N) is 2. The molecule has 0 radical (unpaired) electrons. The second-order valence-corrected chi connectivity index (χ2v) is 8.20. The monoisotopic (exact) mass is 447 g/mol. The molecular formula is C29H25N3O2. The van der Waals surface area contributed by atoms with Crippen molar-refractivity contribution in [3.8, 4) is 5.75 Å². The van der Waals surface area contributed by atoms with Gasteiger partial charge in [-0.25, -0.2) is 4.68 Å². The number of aldehydes is 1. The maximum atomic E-state index is 11.1. The number of ether oxygens (including phenoxy) is 1. The molecule has 1 aromatic heterocycles. The molecule has 0 saturated heterocycles. The minimum absolute atomic E-state index is 0.392. The van der Waals surface area contributed by atoms with Crippen LogP contribution in [0.1, 0.15) is 22.4 Å². The van der Waals surface area contributed by atoms with Crippen molar-refractivity contribution in [2.45, 2.75) is 11.8 Å². The lowest BCUT2D eigenvalue weighted by molar-refractivity contribution is -0.104. The van der Waals surface area contributed by atoms with E-state index in [4.69, 9.17) is 9.84 Å². The zero-order valence-corrected chi connectivity index (χ0v) is 18.9.